The molecule has 1 aromatic carbocycles. The number of amides is 2. The molecule has 8 nitrogen and oxygen atoms in total. The molecule has 1 aromatic heterocycles. The minimum atomic E-state index is -0.409. The summed E-state index contributed by atoms with van der Waals surface area (Å²) < 4.78 is 10.8. The average molecular weight is 412 g/mol. The zero-order valence-corrected chi connectivity index (χ0v) is 16.9. The highest BCUT2D eigenvalue weighted by Crippen LogP contribution is 2.30. The first kappa shape index (κ1) is 19.3. The van der Waals surface area contributed by atoms with Gasteiger partial charge in [-0.3, -0.25) is 19.8 Å². The van der Waals surface area contributed by atoms with Crippen LogP contribution < -0.4 is 15.0 Å². The number of aromatic nitrogens is 1. The van der Waals surface area contributed by atoms with E-state index in [1.807, 2.05) is 24.3 Å². The van der Waals surface area contributed by atoms with Gasteiger partial charge in [-0.15, -0.1) is 0 Å². The van der Waals surface area contributed by atoms with E-state index in [1.54, 1.807) is 13.2 Å². The van der Waals surface area contributed by atoms with Crippen LogP contribution in [0.4, 0.5) is 5.82 Å². The van der Waals surface area contributed by atoms with Crippen LogP contribution in [0.25, 0.3) is 17.0 Å². The number of rotatable bonds is 3. The lowest BCUT2D eigenvalue weighted by atomic mass is 10.1. The van der Waals surface area contributed by atoms with E-state index in [0.29, 0.717) is 32.1 Å². The Balaban J connectivity index is 1.88. The van der Waals surface area contributed by atoms with Gasteiger partial charge in [0.15, 0.2) is 5.11 Å². The summed E-state index contributed by atoms with van der Waals surface area (Å²) in [5.41, 5.74) is 1.69. The summed E-state index contributed by atoms with van der Waals surface area (Å²) in [6.45, 7) is 3.92. The number of methoxy groups -OCH3 is 1. The molecule has 2 aliphatic heterocycles. The second-order valence-electron chi connectivity index (χ2n) is 6.70. The third-order valence-electron chi connectivity index (χ3n) is 4.85. The van der Waals surface area contributed by atoms with Gasteiger partial charge in [0.25, 0.3) is 5.91 Å². The van der Waals surface area contributed by atoms with Gasteiger partial charge in [0.05, 0.1) is 25.8 Å². The van der Waals surface area contributed by atoms with Gasteiger partial charge in [-0.2, -0.15) is 0 Å². The minimum Gasteiger partial charge on any atom is -0.497 e. The van der Waals surface area contributed by atoms with Gasteiger partial charge < -0.3 is 14.4 Å². The van der Waals surface area contributed by atoms with E-state index >= 15 is 0 Å². The van der Waals surface area contributed by atoms with Crippen LogP contribution in [0.1, 0.15) is 12.5 Å². The monoisotopic (exact) mass is 412 g/mol. The van der Waals surface area contributed by atoms with Crippen LogP contribution in [0.5, 0.6) is 5.75 Å². The lowest BCUT2D eigenvalue weighted by Gasteiger charge is -2.29. The lowest BCUT2D eigenvalue weighted by molar-refractivity contribution is -0.125. The minimum absolute atomic E-state index is 0.0835. The summed E-state index contributed by atoms with van der Waals surface area (Å²) in [5.74, 6) is 0.696. The Morgan fingerprint density at radius 2 is 2.07 bits per heavy atom. The first-order valence-electron chi connectivity index (χ1n) is 9.17. The number of nitrogens with zero attached hydrogens (tertiary/aromatic N) is 3. The predicted octanol–water partition coefficient (Wildman–Crippen LogP) is 1.68. The largest absolute Gasteiger partial charge is 0.497 e. The van der Waals surface area contributed by atoms with Gasteiger partial charge in [0.2, 0.25) is 5.91 Å². The molecule has 2 saturated heterocycles. The lowest BCUT2D eigenvalue weighted by Crippen LogP contribution is -2.37. The molecule has 0 radical (unpaired) electrons. The number of anilines is 1. The van der Waals surface area contributed by atoms with Gasteiger partial charge in [0, 0.05) is 37.0 Å². The van der Waals surface area contributed by atoms with Gasteiger partial charge in [-0.25, -0.2) is 4.98 Å². The first-order valence-corrected chi connectivity index (χ1v) is 9.58. The van der Waals surface area contributed by atoms with Gasteiger partial charge >= 0.3 is 0 Å². The number of morpholine rings is 1. The zero-order valence-electron chi connectivity index (χ0n) is 16.1. The highest BCUT2D eigenvalue weighted by Gasteiger charge is 2.33. The number of pyridine rings is 1. The molecule has 2 fully saturated rings. The molecule has 0 unspecified atom stereocenters. The maximum Gasteiger partial charge on any atom is 0.274 e. The topological polar surface area (TPSA) is 84.0 Å². The third-order valence-corrected chi connectivity index (χ3v) is 5.13. The van der Waals surface area contributed by atoms with Crippen LogP contribution in [0.15, 0.2) is 30.0 Å². The van der Waals surface area contributed by atoms with Gasteiger partial charge in [-0.05, 0) is 36.5 Å². The van der Waals surface area contributed by atoms with Crippen LogP contribution in [0.2, 0.25) is 0 Å². The Morgan fingerprint density at radius 3 is 2.76 bits per heavy atom. The molecule has 9 heteroatoms. The fourth-order valence-electron chi connectivity index (χ4n) is 3.43. The summed E-state index contributed by atoms with van der Waals surface area (Å²) >= 11 is 5.13. The molecule has 3 heterocycles. The van der Waals surface area contributed by atoms with Crippen molar-refractivity contribution in [3.05, 3.63) is 35.5 Å². The smallest absolute Gasteiger partial charge is 0.274 e. The number of ether oxygens (including phenoxy) is 2. The fraction of sp³-hybridized carbons (Fsp3) is 0.300. The summed E-state index contributed by atoms with van der Waals surface area (Å²) in [6, 6.07) is 7.59. The van der Waals surface area contributed by atoms with Crippen LogP contribution in [-0.2, 0) is 14.3 Å². The second-order valence-corrected chi connectivity index (χ2v) is 7.09. The maximum absolute atomic E-state index is 12.4. The van der Waals surface area contributed by atoms with Crippen LogP contribution in [-0.4, -0.2) is 60.2 Å². The molecule has 29 heavy (non-hydrogen) atoms. The van der Waals surface area contributed by atoms with E-state index in [0.717, 1.165) is 22.3 Å². The van der Waals surface area contributed by atoms with Crippen molar-refractivity contribution in [2.24, 2.45) is 0 Å². The van der Waals surface area contributed by atoms with Crippen LogP contribution in [0, 0.1) is 0 Å². The Morgan fingerprint density at radius 1 is 1.31 bits per heavy atom. The Bertz CT molecular complexity index is 1050. The molecule has 0 atom stereocenters. The molecule has 2 aliphatic rings. The molecule has 2 aromatic rings. The number of fused-ring (bicyclic) bond motifs is 1. The van der Waals surface area contributed by atoms with Gasteiger partial charge in [-0.1, -0.05) is 0 Å². The van der Waals surface area contributed by atoms with E-state index in [2.05, 4.69) is 10.2 Å². The number of nitrogens with one attached hydrogen (secondary N) is 1. The van der Waals surface area contributed by atoms with Crippen molar-refractivity contribution in [3.8, 4) is 5.75 Å². The van der Waals surface area contributed by atoms with Crippen molar-refractivity contribution < 1.29 is 19.1 Å². The normalized spacial score (nSPS) is 18.5. The molecule has 0 aliphatic carbocycles. The molecular weight excluding hydrogens is 392 g/mol. The Kier molecular flexibility index (Phi) is 5.16. The first-order chi connectivity index (χ1) is 14.0. The third kappa shape index (κ3) is 3.66. The highest BCUT2D eigenvalue weighted by atomic mass is 32.1. The molecule has 2 amide bonds. The number of carbonyl (C=O) groups is 2. The van der Waals surface area contributed by atoms with E-state index in [9.17, 15) is 9.59 Å². The average Bonchev–Trinajstić information content (AvgIpc) is 3.00. The number of hydrogen-bond acceptors (Lipinski definition) is 7. The standard InChI is InChI=1S/C20H20N4O4S/c1-12(25)24-17(19(26)22-20(24)29)10-14-9-13-3-4-15(27-2)11-16(13)21-18(14)23-5-7-28-8-6-23/h3-4,9-11H,5-8H2,1-2H3,(H,22,26,29)/b17-10+. The summed E-state index contributed by atoms with van der Waals surface area (Å²) in [5, 5.41) is 3.51. The summed E-state index contributed by atoms with van der Waals surface area (Å²) in [4.78, 5) is 32.6. The van der Waals surface area contributed by atoms with Crippen molar-refractivity contribution in [3.63, 3.8) is 0 Å². The van der Waals surface area contributed by atoms with E-state index in [-0.39, 0.29) is 16.7 Å². The molecule has 0 spiro atoms. The molecule has 4 rings (SSSR count). The SMILES string of the molecule is COc1ccc2cc(/C=C3\C(=O)NC(=S)N3C(C)=O)c(N3CCOCC3)nc2c1. The van der Waals surface area contributed by atoms with Crippen LogP contribution in [0.3, 0.4) is 0 Å². The molecular formula is C20H20N4O4S. The maximum atomic E-state index is 12.4. The van der Waals surface area contributed by atoms with Crippen molar-refractivity contribution in [2.75, 3.05) is 38.3 Å². The van der Waals surface area contributed by atoms with Crippen LogP contribution >= 0.6 is 12.2 Å². The molecule has 150 valence electrons. The molecule has 0 bridgehead atoms. The van der Waals surface area contributed by atoms with E-state index in [1.165, 1.54) is 11.8 Å². The number of thiocarbonyl (C=S) groups is 1. The van der Waals surface area contributed by atoms with Gasteiger partial charge in [0.1, 0.15) is 17.3 Å². The van der Waals surface area contributed by atoms with Crippen molar-refractivity contribution in [1.29, 1.82) is 0 Å². The Labute approximate surface area is 173 Å². The second kappa shape index (κ2) is 7.76. The number of carbonyl (C=O) groups excluding carboxylic acids is 2. The molecule has 0 saturated carbocycles. The molecule has 1 N–H and O–H groups in total. The summed E-state index contributed by atoms with van der Waals surface area (Å²) in [6.07, 6.45) is 1.66. The zero-order chi connectivity index (χ0) is 20.5. The van der Waals surface area contributed by atoms with E-state index in [4.69, 9.17) is 26.7 Å². The van der Waals surface area contributed by atoms with Crippen molar-refractivity contribution >= 4 is 51.9 Å². The quantitative estimate of drug-likeness (QED) is 0.607. The predicted molar refractivity (Wildman–Crippen MR) is 113 cm³/mol. The summed E-state index contributed by atoms with van der Waals surface area (Å²) in [7, 11) is 1.61. The van der Waals surface area contributed by atoms with E-state index < -0.39 is 5.91 Å². The van der Waals surface area contributed by atoms with Crippen molar-refractivity contribution in [1.82, 2.24) is 15.2 Å². The number of hydrogen-bond donors (Lipinski definition) is 1. The number of benzene rings is 1. The highest BCUT2D eigenvalue weighted by molar-refractivity contribution is 7.80. The van der Waals surface area contributed by atoms with Crippen molar-refractivity contribution in [2.45, 2.75) is 6.92 Å². The Hall–Kier alpha value is -3.04. The fourth-order valence-corrected chi connectivity index (χ4v) is 3.75.